The van der Waals surface area contributed by atoms with Crippen LogP contribution in [0.15, 0.2) is 126 Å². The molecule has 6 rings (SSSR count). The van der Waals surface area contributed by atoms with Gasteiger partial charge in [-0.1, -0.05) is 36.1 Å². The SMILES string of the molecule is Nc1ccc2cc(S(=O)(=O)O)c(N=Nc3ccc(-c4ccc(N=Nc5c(N)c(S(=O)(=O)[O-])cc6cc(S(=O)(=O)[O-])c(N)cc56)cc4)cc3)c([O-])c2c1.[Na+].[Na+].[Na+]. The van der Waals surface area contributed by atoms with Gasteiger partial charge in [0.2, 0.25) is 0 Å². The van der Waals surface area contributed by atoms with Gasteiger partial charge in [-0.15, -0.1) is 10.2 Å². The van der Waals surface area contributed by atoms with Crippen molar-refractivity contribution in [2.75, 3.05) is 17.2 Å². The molecule has 6 aromatic carbocycles. The van der Waals surface area contributed by atoms with E-state index in [2.05, 4.69) is 20.5 Å². The maximum Gasteiger partial charge on any atom is 1.00 e. The molecule has 0 unspecified atom stereocenters. The summed E-state index contributed by atoms with van der Waals surface area (Å²) in [7, 11) is -15.1. The summed E-state index contributed by atoms with van der Waals surface area (Å²) in [6.45, 7) is 0. The number of hydrogen-bond acceptors (Lipinski definition) is 16. The van der Waals surface area contributed by atoms with Crippen molar-refractivity contribution in [3.63, 3.8) is 0 Å². The van der Waals surface area contributed by atoms with E-state index < -0.39 is 67.9 Å². The smallest absolute Gasteiger partial charge is 0.871 e. The van der Waals surface area contributed by atoms with E-state index in [0.717, 1.165) is 24.3 Å². The molecular weight excluding hydrogens is 808 g/mol. The largest absolute Gasteiger partial charge is 1.00 e. The molecule has 0 saturated heterocycles. The first-order valence-corrected chi connectivity index (χ1v) is 18.7. The van der Waals surface area contributed by atoms with E-state index >= 15 is 0 Å². The zero-order valence-electron chi connectivity index (χ0n) is 29.0. The molecule has 7 N–H and O–H groups in total. The number of nitrogen functional groups attached to an aromatic ring is 3. The minimum absolute atomic E-state index is 0. The third-order valence-electron chi connectivity index (χ3n) is 7.72. The van der Waals surface area contributed by atoms with Crippen molar-refractivity contribution >= 4 is 91.7 Å². The van der Waals surface area contributed by atoms with E-state index in [1.807, 2.05) is 0 Å². The summed E-state index contributed by atoms with van der Waals surface area (Å²) in [5, 5.41) is 29.2. The molecule has 0 aliphatic rings. The minimum atomic E-state index is -5.17. The monoisotopic (exact) mass is 829 g/mol. The van der Waals surface area contributed by atoms with Gasteiger partial charge < -0.3 is 31.4 Å². The average Bonchev–Trinajstić information content (AvgIpc) is 3.06. The van der Waals surface area contributed by atoms with Gasteiger partial charge in [-0.25, -0.2) is 16.8 Å². The normalized spacial score (nSPS) is 12.1. The second kappa shape index (κ2) is 17.6. The quantitative estimate of drug-likeness (QED) is 0.0499. The van der Waals surface area contributed by atoms with E-state index in [0.29, 0.717) is 11.1 Å². The molecule has 6 aromatic rings. The first kappa shape index (κ1) is 46.4. The Morgan fingerprint density at radius 1 is 0.527 bits per heavy atom. The Morgan fingerprint density at radius 2 is 1.00 bits per heavy atom. The summed E-state index contributed by atoms with van der Waals surface area (Å²) in [4.78, 5) is -2.44. The Bertz CT molecular complexity index is 2860. The van der Waals surface area contributed by atoms with Gasteiger partial charge in [-0.3, -0.25) is 4.55 Å². The fourth-order valence-corrected chi connectivity index (χ4v) is 7.15. The van der Waals surface area contributed by atoms with E-state index in [-0.39, 0.29) is 133 Å². The topological polar surface area (TPSA) is 319 Å². The van der Waals surface area contributed by atoms with E-state index in [1.165, 1.54) is 18.2 Å². The molecule has 0 bridgehead atoms. The van der Waals surface area contributed by atoms with Crippen LogP contribution in [0.4, 0.5) is 39.8 Å². The summed E-state index contributed by atoms with van der Waals surface area (Å²) >= 11 is 0. The Balaban J connectivity index is 0.00000271. The van der Waals surface area contributed by atoms with Gasteiger partial charge in [0.15, 0.2) is 0 Å². The van der Waals surface area contributed by atoms with Gasteiger partial charge >= 0.3 is 88.7 Å². The minimum Gasteiger partial charge on any atom is -0.871 e. The third-order valence-corrected chi connectivity index (χ3v) is 10.4. The molecule has 0 radical (unpaired) electrons. The van der Waals surface area contributed by atoms with Crippen LogP contribution < -0.4 is 111 Å². The van der Waals surface area contributed by atoms with Crippen molar-refractivity contribution in [1.82, 2.24) is 0 Å². The fraction of sp³-hybridized carbons (Fsp3) is 0. The molecule has 0 heterocycles. The Kier molecular flexibility index (Phi) is 14.9. The number of rotatable bonds is 8. The first-order valence-electron chi connectivity index (χ1n) is 14.4. The molecule has 0 atom stereocenters. The van der Waals surface area contributed by atoms with Crippen LogP contribution in [0.2, 0.25) is 0 Å². The summed E-state index contributed by atoms with van der Waals surface area (Å²) in [6.07, 6.45) is 0. The third kappa shape index (κ3) is 10.1. The van der Waals surface area contributed by atoms with Crippen LogP contribution in [0, 0.1) is 0 Å². The van der Waals surface area contributed by atoms with Crippen molar-refractivity contribution in [2.24, 2.45) is 20.5 Å². The standard InChI is InChI=1S/C32H25N7O10S3.3Na/c33-20-6-1-18-11-28(52(47,48)49)31(32(40)24(18)14-20)39-37-22-9-4-17(5-10-22)16-2-7-21(8-3-16)36-38-30-23-15-25(34)26(50(41,42)43)12-19(23)13-27(29(30)35)51(44,45)46;;;/h1-15,40H,33-35H2,(H,41,42,43)(H,44,45,46)(H,47,48,49);;;/q;3*+1/p-3. The predicted molar refractivity (Wildman–Crippen MR) is 187 cm³/mol. The molecule has 17 nitrogen and oxygen atoms in total. The van der Waals surface area contributed by atoms with Crippen LogP contribution in [0.5, 0.6) is 5.75 Å². The van der Waals surface area contributed by atoms with Gasteiger partial charge in [0.1, 0.15) is 30.8 Å². The van der Waals surface area contributed by atoms with Crippen molar-refractivity contribution in [3.05, 3.63) is 91.0 Å². The van der Waals surface area contributed by atoms with Crippen molar-refractivity contribution < 1.29 is 133 Å². The number of hydrogen-bond donors (Lipinski definition) is 4. The second-order valence-corrected chi connectivity index (χ2v) is 15.2. The molecule has 55 heavy (non-hydrogen) atoms. The summed E-state index contributed by atoms with van der Waals surface area (Å²) in [6, 6.07) is 20.9. The molecule has 0 aromatic heterocycles. The molecule has 0 spiro atoms. The van der Waals surface area contributed by atoms with Crippen molar-refractivity contribution in [1.29, 1.82) is 0 Å². The van der Waals surface area contributed by atoms with Gasteiger partial charge in [0.25, 0.3) is 10.1 Å². The van der Waals surface area contributed by atoms with Crippen molar-refractivity contribution in [2.45, 2.75) is 14.7 Å². The van der Waals surface area contributed by atoms with Crippen molar-refractivity contribution in [3.8, 4) is 16.9 Å². The molecule has 0 amide bonds. The van der Waals surface area contributed by atoms with Gasteiger partial charge in [-0.05, 0) is 87.9 Å². The summed E-state index contributed by atoms with van der Waals surface area (Å²) in [5.41, 5.74) is 17.7. The zero-order chi connectivity index (χ0) is 37.7. The van der Waals surface area contributed by atoms with Crippen LogP contribution in [0.3, 0.4) is 0 Å². The number of nitrogens with two attached hydrogens (primary N) is 3. The van der Waals surface area contributed by atoms with Gasteiger partial charge in [0.05, 0.1) is 32.5 Å². The van der Waals surface area contributed by atoms with E-state index in [4.69, 9.17) is 17.2 Å². The van der Waals surface area contributed by atoms with E-state index in [1.54, 1.807) is 48.5 Å². The molecule has 0 saturated carbocycles. The Morgan fingerprint density at radius 3 is 1.49 bits per heavy atom. The molecular formula is C32H22N7Na3O10S3. The maximum atomic E-state index is 13.1. The van der Waals surface area contributed by atoms with E-state index in [9.17, 15) is 44.0 Å². The number of azo groups is 2. The molecule has 23 heteroatoms. The molecule has 0 aliphatic carbocycles. The molecule has 0 fully saturated rings. The Hall–Kier alpha value is -3.03. The van der Waals surface area contributed by atoms with Crippen LogP contribution in [0.1, 0.15) is 0 Å². The predicted octanol–water partition coefficient (Wildman–Crippen LogP) is -3.62. The number of benzene rings is 6. The number of anilines is 3. The summed E-state index contributed by atoms with van der Waals surface area (Å²) in [5.74, 6) is -0.790. The van der Waals surface area contributed by atoms with Gasteiger partial charge in [0, 0.05) is 16.8 Å². The molecule has 0 aliphatic heterocycles. The zero-order valence-corrected chi connectivity index (χ0v) is 37.5. The van der Waals surface area contributed by atoms with Crippen LogP contribution >= 0.6 is 0 Å². The summed E-state index contributed by atoms with van der Waals surface area (Å²) < 4.78 is 104. The maximum absolute atomic E-state index is 13.1. The average molecular weight is 830 g/mol. The molecule has 266 valence electrons. The Labute approximate surface area is 380 Å². The van der Waals surface area contributed by atoms with Gasteiger partial charge in [-0.2, -0.15) is 18.6 Å². The second-order valence-electron chi connectivity index (χ2n) is 11.2. The first-order chi connectivity index (χ1) is 24.3. The van der Waals surface area contributed by atoms with Crippen LogP contribution in [0.25, 0.3) is 32.7 Å². The number of nitrogens with zero attached hydrogens (tertiary/aromatic N) is 4. The fourth-order valence-electron chi connectivity index (χ4n) is 5.24. The number of fused-ring (bicyclic) bond motifs is 2. The van der Waals surface area contributed by atoms with Crippen LogP contribution in [-0.4, -0.2) is 38.9 Å². The van der Waals surface area contributed by atoms with Crippen LogP contribution in [-0.2, 0) is 30.4 Å².